The number of thioether (sulfide) groups is 1. The van der Waals surface area contributed by atoms with Gasteiger partial charge < -0.3 is 0 Å². The fourth-order valence-corrected chi connectivity index (χ4v) is 3.52. The molecule has 0 radical (unpaired) electrons. The highest BCUT2D eigenvalue weighted by Crippen LogP contribution is 2.28. The van der Waals surface area contributed by atoms with Crippen LogP contribution in [0.15, 0.2) is 66.1 Å². The van der Waals surface area contributed by atoms with Crippen molar-refractivity contribution in [1.29, 1.82) is 0 Å². The molecule has 0 saturated carbocycles. The second-order valence-electron chi connectivity index (χ2n) is 5.69. The molecule has 0 atom stereocenters. The Labute approximate surface area is 148 Å². The van der Waals surface area contributed by atoms with Gasteiger partial charge in [-0.1, -0.05) is 35.9 Å². The minimum atomic E-state index is -0.198. The Kier molecular flexibility index (Phi) is 4.19. The number of fused-ring (bicyclic) bond motifs is 1. The summed E-state index contributed by atoms with van der Waals surface area (Å²) < 4.78 is 15.6. The topological polar surface area (TPSA) is 43.6 Å². The van der Waals surface area contributed by atoms with Crippen LogP contribution in [0.3, 0.4) is 0 Å². The maximum atomic E-state index is 13.8. The van der Waals surface area contributed by atoms with E-state index in [1.54, 1.807) is 23.0 Å². The van der Waals surface area contributed by atoms with Crippen molar-refractivity contribution in [3.63, 3.8) is 0 Å². The van der Waals surface area contributed by atoms with Crippen LogP contribution in [-0.2, 0) is 5.75 Å². The van der Waals surface area contributed by atoms with Gasteiger partial charge in [-0.3, -0.25) is 0 Å². The molecule has 0 saturated heterocycles. The standard InChI is InChI=1S/C19H15FN4S/c1-13-6-8-15(9-7-13)24-18-16(10-23-24)19(22-12-21-18)25-11-14-4-2-3-5-17(14)20/h2-10,12H,11H2,1H3. The molecule has 0 bridgehead atoms. The predicted octanol–water partition coefficient (Wildman–Crippen LogP) is 4.56. The number of nitrogens with zero attached hydrogens (tertiary/aromatic N) is 4. The summed E-state index contributed by atoms with van der Waals surface area (Å²) in [5.41, 5.74) is 3.54. The molecule has 0 fully saturated rings. The van der Waals surface area contributed by atoms with Gasteiger partial charge in [0.2, 0.25) is 0 Å². The van der Waals surface area contributed by atoms with Crippen molar-refractivity contribution in [3.8, 4) is 5.69 Å². The largest absolute Gasteiger partial charge is 0.229 e. The van der Waals surface area contributed by atoms with Gasteiger partial charge >= 0.3 is 0 Å². The molecule has 0 unspecified atom stereocenters. The number of aromatic nitrogens is 4. The minimum Gasteiger partial charge on any atom is -0.229 e. The second kappa shape index (κ2) is 6.64. The van der Waals surface area contributed by atoms with Crippen molar-refractivity contribution in [2.24, 2.45) is 0 Å². The lowest BCUT2D eigenvalue weighted by Crippen LogP contribution is -1.98. The van der Waals surface area contributed by atoms with E-state index in [1.165, 1.54) is 29.7 Å². The van der Waals surface area contributed by atoms with E-state index in [0.717, 1.165) is 21.7 Å². The van der Waals surface area contributed by atoms with Crippen molar-refractivity contribution < 1.29 is 4.39 Å². The first-order valence-electron chi connectivity index (χ1n) is 7.84. The Hall–Kier alpha value is -2.73. The van der Waals surface area contributed by atoms with E-state index < -0.39 is 0 Å². The van der Waals surface area contributed by atoms with E-state index in [4.69, 9.17) is 0 Å². The van der Waals surface area contributed by atoms with Gasteiger partial charge in [0, 0.05) is 5.75 Å². The maximum absolute atomic E-state index is 13.8. The van der Waals surface area contributed by atoms with Gasteiger partial charge in [-0.05, 0) is 30.7 Å². The Balaban J connectivity index is 1.67. The van der Waals surface area contributed by atoms with E-state index in [-0.39, 0.29) is 5.82 Å². The highest BCUT2D eigenvalue weighted by atomic mass is 32.2. The first kappa shape index (κ1) is 15.8. The third kappa shape index (κ3) is 3.13. The molecule has 2 aromatic heterocycles. The number of benzene rings is 2. The lowest BCUT2D eigenvalue weighted by molar-refractivity contribution is 0.617. The SMILES string of the molecule is Cc1ccc(-n2ncc3c(SCc4ccccc4F)ncnc32)cc1. The molecular weight excluding hydrogens is 335 g/mol. The molecule has 0 N–H and O–H groups in total. The lowest BCUT2D eigenvalue weighted by atomic mass is 10.2. The van der Waals surface area contributed by atoms with Crippen LogP contribution in [-0.4, -0.2) is 19.7 Å². The van der Waals surface area contributed by atoms with Gasteiger partial charge in [0.15, 0.2) is 5.65 Å². The first-order valence-corrected chi connectivity index (χ1v) is 8.83. The third-order valence-corrected chi connectivity index (χ3v) is 4.98. The summed E-state index contributed by atoms with van der Waals surface area (Å²) in [4.78, 5) is 8.72. The predicted molar refractivity (Wildman–Crippen MR) is 97.4 cm³/mol. The summed E-state index contributed by atoms with van der Waals surface area (Å²) in [5.74, 6) is 0.310. The monoisotopic (exact) mass is 350 g/mol. The molecule has 0 aliphatic rings. The van der Waals surface area contributed by atoms with Crippen LogP contribution in [0.5, 0.6) is 0 Å². The Morgan fingerprint density at radius 2 is 1.84 bits per heavy atom. The van der Waals surface area contributed by atoms with Crippen molar-refractivity contribution >= 4 is 22.8 Å². The van der Waals surface area contributed by atoms with Crippen molar-refractivity contribution in [2.75, 3.05) is 0 Å². The van der Waals surface area contributed by atoms with Gasteiger partial charge in [-0.25, -0.2) is 19.0 Å². The van der Waals surface area contributed by atoms with Gasteiger partial charge in [-0.2, -0.15) is 5.10 Å². The van der Waals surface area contributed by atoms with Crippen molar-refractivity contribution in [2.45, 2.75) is 17.7 Å². The van der Waals surface area contributed by atoms with Crippen molar-refractivity contribution in [3.05, 3.63) is 78.0 Å². The van der Waals surface area contributed by atoms with Gasteiger partial charge in [0.25, 0.3) is 0 Å². The maximum Gasteiger partial charge on any atom is 0.167 e. The third-order valence-electron chi connectivity index (χ3n) is 3.93. The van der Waals surface area contributed by atoms with E-state index in [2.05, 4.69) is 15.1 Å². The van der Waals surface area contributed by atoms with E-state index in [0.29, 0.717) is 11.3 Å². The number of halogens is 1. The number of rotatable bonds is 4. The molecule has 4 aromatic rings. The normalized spacial score (nSPS) is 11.1. The van der Waals surface area contributed by atoms with E-state index in [1.807, 2.05) is 37.3 Å². The average Bonchev–Trinajstić information content (AvgIpc) is 3.06. The molecule has 2 aromatic carbocycles. The molecule has 0 amide bonds. The molecule has 124 valence electrons. The molecular formula is C19H15FN4S. The van der Waals surface area contributed by atoms with Crippen LogP contribution in [0.4, 0.5) is 4.39 Å². The highest BCUT2D eigenvalue weighted by Gasteiger charge is 2.12. The van der Waals surface area contributed by atoms with Crippen LogP contribution in [0.1, 0.15) is 11.1 Å². The number of hydrogen-bond donors (Lipinski definition) is 0. The molecule has 0 spiro atoms. The van der Waals surface area contributed by atoms with E-state index >= 15 is 0 Å². The van der Waals surface area contributed by atoms with E-state index in [9.17, 15) is 4.39 Å². The number of aryl methyl sites for hydroxylation is 1. The molecule has 25 heavy (non-hydrogen) atoms. The van der Waals surface area contributed by atoms with Crippen LogP contribution < -0.4 is 0 Å². The quantitative estimate of drug-likeness (QED) is 0.400. The smallest absolute Gasteiger partial charge is 0.167 e. The van der Waals surface area contributed by atoms with Gasteiger partial charge in [0.05, 0.1) is 17.3 Å². The minimum absolute atomic E-state index is 0.198. The molecule has 2 heterocycles. The zero-order valence-electron chi connectivity index (χ0n) is 13.6. The zero-order chi connectivity index (χ0) is 17.2. The fraction of sp³-hybridized carbons (Fsp3) is 0.105. The summed E-state index contributed by atoms with van der Waals surface area (Å²) in [5, 5.41) is 6.12. The summed E-state index contributed by atoms with van der Waals surface area (Å²) in [6.07, 6.45) is 3.29. The first-order chi connectivity index (χ1) is 12.2. The van der Waals surface area contributed by atoms with Gasteiger partial charge in [0.1, 0.15) is 17.2 Å². The summed E-state index contributed by atoms with van der Waals surface area (Å²) in [7, 11) is 0. The molecule has 6 heteroatoms. The Bertz CT molecular complexity index is 1030. The van der Waals surface area contributed by atoms with Crippen molar-refractivity contribution in [1.82, 2.24) is 19.7 Å². The highest BCUT2D eigenvalue weighted by molar-refractivity contribution is 7.98. The van der Waals surface area contributed by atoms with Crippen LogP contribution in [0.25, 0.3) is 16.7 Å². The molecule has 0 aliphatic heterocycles. The summed E-state index contributed by atoms with van der Waals surface area (Å²) >= 11 is 1.48. The zero-order valence-corrected chi connectivity index (χ0v) is 14.4. The fourth-order valence-electron chi connectivity index (χ4n) is 2.57. The molecule has 4 nitrogen and oxygen atoms in total. The Morgan fingerprint density at radius 1 is 1.04 bits per heavy atom. The lowest BCUT2D eigenvalue weighted by Gasteiger charge is -2.05. The van der Waals surface area contributed by atoms with Crippen LogP contribution >= 0.6 is 11.8 Å². The van der Waals surface area contributed by atoms with Gasteiger partial charge in [-0.15, -0.1) is 11.8 Å². The van der Waals surface area contributed by atoms with Crippen LogP contribution in [0.2, 0.25) is 0 Å². The summed E-state index contributed by atoms with van der Waals surface area (Å²) in [6, 6.07) is 14.9. The summed E-state index contributed by atoms with van der Waals surface area (Å²) in [6.45, 7) is 2.05. The molecule has 0 aliphatic carbocycles. The Morgan fingerprint density at radius 3 is 2.64 bits per heavy atom. The number of hydrogen-bond acceptors (Lipinski definition) is 4. The molecule has 4 rings (SSSR count). The average molecular weight is 350 g/mol. The second-order valence-corrected chi connectivity index (χ2v) is 6.65. The van der Waals surface area contributed by atoms with Crippen LogP contribution in [0, 0.1) is 12.7 Å².